The average molecular weight is 290 g/mol. The van der Waals surface area contributed by atoms with Crippen LogP contribution in [0.2, 0.25) is 0 Å². The zero-order valence-corrected chi connectivity index (χ0v) is 12.3. The Kier molecular flexibility index (Phi) is 5.54. The number of hydrogen-bond donors (Lipinski definition) is 3. The van der Waals surface area contributed by atoms with Crippen LogP contribution in [0, 0.1) is 0 Å². The molecule has 0 spiro atoms. The summed E-state index contributed by atoms with van der Waals surface area (Å²) in [6.45, 7) is 4.47. The molecule has 0 aromatic carbocycles. The van der Waals surface area contributed by atoms with Crippen molar-refractivity contribution in [2.75, 3.05) is 29.6 Å². The molecule has 2 unspecified atom stereocenters. The molecule has 1 heterocycles. The van der Waals surface area contributed by atoms with Gasteiger partial charge in [0.1, 0.15) is 10.7 Å². The summed E-state index contributed by atoms with van der Waals surface area (Å²) in [5, 5.41) is 6.39. The molecule has 0 radical (unpaired) electrons. The van der Waals surface area contributed by atoms with E-state index in [0.29, 0.717) is 15.8 Å². The monoisotopic (exact) mass is 290 g/mol. The minimum atomic E-state index is -0.942. The molecule has 0 aliphatic rings. The lowest BCUT2D eigenvalue weighted by Gasteiger charge is -2.11. The third-order valence-corrected chi connectivity index (χ3v) is 4.05. The van der Waals surface area contributed by atoms with Crippen LogP contribution in [0.15, 0.2) is 0 Å². The predicted octanol–water partition coefficient (Wildman–Crippen LogP) is 0.654. The molecule has 1 rings (SSSR count). The topological polar surface area (TPSA) is 97.1 Å². The number of aromatic nitrogens is 1. The normalized spacial score (nSPS) is 13.9. The molecule has 1 aromatic heterocycles. The van der Waals surface area contributed by atoms with Gasteiger partial charge < -0.3 is 16.4 Å². The van der Waals surface area contributed by atoms with Crippen LogP contribution in [-0.2, 0) is 10.8 Å². The average Bonchev–Trinajstić information content (AvgIpc) is 2.58. The second-order valence-corrected chi connectivity index (χ2v) is 6.36. The molecule has 0 aliphatic heterocycles. The van der Waals surface area contributed by atoms with Crippen molar-refractivity contribution in [3.63, 3.8) is 0 Å². The van der Waals surface area contributed by atoms with E-state index in [0.717, 1.165) is 6.54 Å². The first kappa shape index (κ1) is 14.9. The van der Waals surface area contributed by atoms with Gasteiger partial charge in [-0.1, -0.05) is 11.3 Å². The predicted molar refractivity (Wildman–Crippen MR) is 76.6 cm³/mol. The summed E-state index contributed by atoms with van der Waals surface area (Å²) in [7, 11) is -0.942. The van der Waals surface area contributed by atoms with Gasteiger partial charge in [0.15, 0.2) is 5.13 Å². The van der Waals surface area contributed by atoms with Crippen LogP contribution in [0.5, 0.6) is 0 Å². The molecule has 2 atom stereocenters. The van der Waals surface area contributed by atoms with Gasteiger partial charge in [0.2, 0.25) is 0 Å². The van der Waals surface area contributed by atoms with Crippen molar-refractivity contribution in [2.24, 2.45) is 0 Å². The number of nitrogens with two attached hydrogens (primary N) is 1. The standard InChI is InChI=1S/C10H18N4O2S2/c1-4-12-10-14-8(11)7(17-10)9(15)13-6(2)5-18(3)16/h6H,4-5,11H2,1-3H3,(H,12,14)(H,13,15). The Morgan fingerprint density at radius 1 is 1.61 bits per heavy atom. The SMILES string of the molecule is CCNc1nc(N)c(C(=O)NC(C)CS(C)=O)s1. The quantitative estimate of drug-likeness (QED) is 0.715. The van der Waals surface area contributed by atoms with E-state index in [1.54, 1.807) is 6.26 Å². The number of nitrogens with one attached hydrogen (secondary N) is 2. The van der Waals surface area contributed by atoms with E-state index in [1.807, 2.05) is 13.8 Å². The molecule has 0 fully saturated rings. The van der Waals surface area contributed by atoms with Gasteiger partial charge in [-0.15, -0.1) is 0 Å². The Labute approximate surface area is 113 Å². The maximum atomic E-state index is 11.9. The molecule has 1 aromatic rings. The highest BCUT2D eigenvalue weighted by Crippen LogP contribution is 2.24. The van der Waals surface area contributed by atoms with Gasteiger partial charge in [-0.05, 0) is 13.8 Å². The van der Waals surface area contributed by atoms with Gasteiger partial charge in [-0.25, -0.2) is 4.98 Å². The van der Waals surface area contributed by atoms with E-state index < -0.39 is 10.8 Å². The van der Waals surface area contributed by atoms with Gasteiger partial charge in [-0.3, -0.25) is 9.00 Å². The van der Waals surface area contributed by atoms with Crippen LogP contribution in [-0.4, -0.2) is 39.7 Å². The smallest absolute Gasteiger partial charge is 0.265 e. The van der Waals surface area contributed by atoms with Crippen molar-refractivity contribution in [3.05, 3.63) is 4.88 Å². The minimum absolute atomic E-state index is 0.160. The fraction of sp³-hybridized carbons (Fsp3) is 0.600. The first-order valence-corrected chi connectivity index (χ1v) is 8.09. The molecule has 0 bridgehead atoms. The highest BCUT2D eigenvalue weighted by molar-refractivity contribution is 7.84. The fourth-order valence-electron chi connectivity index (χ4n) is 1.40. The lowest BCUT2D eigenvalue weighted by atomic mass is 10.3. The molecule has 6 nitrogen and oxygen atoms in total. The van der Waals surface area contributed by atoms with E-state index >= 15 is 0 Å². The summed E-state index contributed by atoms with van der Waals surface area (Å²) in [6, 6.07) is -0.160. The Balaban J connectivity index is 2.68. The second kappa shape index (κ2) is 6.69. The van der Waals surface area contributed by atoms with Gasteiger partial charge in [-0.2, -0.15) is 0 Å². The molecule has 0 saturated carbocycles. The summed E-state index contributed by atoms with van der Waals surface area (Å²) in [5.74, 6) is 0.371. The summed E-state index contributed by atoms with van der Waals surface area (Å²) >= 11 is 1.22. The third kappa shape index (κ3) is 4.26. The number of amides is 1. The van der Waals surface area contributed by atoms with Crippen molar-refractivity contribution in [3.8, 4) is 0 Å². The molecule has 0 saturated heterocycles. The summed E-state index contributed by atoms with van der Waals surface area (Å²) < 4.78 is 11.0. The highest BCUT2D eigenvalue weighted by Gasteiger charge is 2.18. The molecule has 1 amide bonds. The maximum Gasteiger partial charge on any atom is 0.265 e. The fourth-order valence-corrected chi connectivity index (χ4v) is 3.05. The van der Waals surface area contributed by atoms with Gasteiger partial charge in [0.05, 0.1) is 0 Å². The van der Waals surface area contributed by atoms with Gasteiger partial charge >= 0.3 is 0 Å². The van der Waals surface area contributed by atoms with Crippen molar-refractivity contribution in [2.45, 2.75) is 19.9 Å². The summed E-state index contributed by atoms with van der Waals surface area (Å²) in [4.78, 5) is 16.4. The largest absolute Gasteiger partial charge is 0.382 e. The molecule has 102 valence electrons. The lowest BCUT2D eigenvalue weighted by molar-refractivity contribution is 0.0948. The first-order valence-electron chi connectivity index (χ1n) is 5.55. The van der Waals surface area contributed by atoms with E-state index in [9.17, 15) is 9.00 Å². The van der Waals surface area contributed by atoms with Crippen molar-refractivity contribution < 1.29 is 9.00 Å². The highest BCUT2D eigenvalue weighted by atomic mass is 32.2. The molecular formula is C10H18N4O2S2. The summed E-state index contributed by atoms with van der Waals surface area (Å²) in [6.07, 6.45) is 1.60. The van der Waals surface area contributed by atoms with Crippen LogP contribution in [0.25, 0.3) is 0 Å². The lowest BCUT2D eigenvalue weighted by Crippen LogP contribution is -2.36. The molecule has 4 N–H and O–H groups in total. The van der Waals surface area contributed by atoms with E-state index in [-0.39, 0.29) is 17.8 Å². The minimum Gasteiger partial charge on any atom is -0.382 e. The summed E-state index contributed by atoms with van der Waals surface area (Å²) in [5.41, 5.74) is 5.69. The number of hydrogen-bond acceptors (Lipinski definition) is 6. The van der Waals surface area contributed by atoms with Gasteiger partial charge in [0, 0.05) is 35.4 Å². The van der Waals surface area contributed by atoms with Crippen LogP contribution in [0.3, 0.4) is 0 Å². The number of carbonyl (C=O) groups excluding carboxylic acids is 1. The van der Waals surface area contributed by atoms with Crippen LogP contribution < -0.4 is 16.4 Å². The third-order valence-electron chi connectivity index (χ3n) is 2.05. The van der Waals surface area contributed by atoms with Crippen LogP contribution >= 0.6 is 11.3 Å². The Hall–Kier alpha value is -1.15. The van der Waals surface area contributed by atoms with Crippen molar-refractivity contribution in [1.82, 2.24) is 10.3 Å². The molecular weight excluding hydrogens is 272 g/mol. The number of nitrogen functional groups attached to an aromatic ring is 1. The Bertz CT molecular complexity index is 447. The van der Waals surface area contributed by atoms with Gasteiger partial charge in [0.25, 0.3) is 5.91 Å². The number of carbonyl (C=O) groups is 1. The Morgan fingerprint density at radius 2 is 2.28 bits per heavy atom. The number of rotatable bonds is 6. The van der Waals surface area contributed by atoms with Crippen molar-refractivity contribution in [1.29, 1.82) is 0 Å². The second-order valence-electron chi connectivity index (χ2n) is 3.88. The Morgan fingerprint density at radius 3 is 2.83 bits per heavy atom. The number of nitrogens with zero attached hydrogens (tertiary/aromatic N) is 1. The molecule has 0 aliphatic carbocycles. The van der Waals surface area contributed by atoms with E-state index in [1.165, 1.54) is 11.3 Å². The van der Waals surface area contributed by atoms with Crippen LogP contribution in [0.4, 0.5) is 10.9 Å². The maximum absolute atomic E-state index is 11.9. The van der Waals surface area contributed by atoms with E-state index in [4.69, 9.17) is 5.73 Å². The van der Waals surface area contributed by atoms with Crippen molar-refractivity contribution >= 4 is 39.0 Å². The first-order chi connectivity index (χ1) is 8.43. The number of thiazole rings is 1. The van der Waals surface area contributed by atoms with E-state index in [2.05, 4.69) is 15.6 Å². The zero-order valence-electron chi connectivity index (χ0n) is 10.6. The van der Waals surface area contributed by atoms with Crippen LogP contribution in [0.1, 0.15) is 23.5 Å². The molecule has 8 heteroatoms. The zero-order chi connectivity index (χ0) is 13.7. The molecule has 18 heavy (non-hydrogen) atoms. The number of anilines is 2.